The lowest BCUT2D eigenvalue weighted by atomic mass is 9.86. The zero-order chi connectivity index (χ0) is 14.4. The number of nitrogen functional groups attached to an aromatic ring is 1. The molecule has 0 radical (unpaired) electrons. The molecule has 0 aliphatic heterocycles. The SMILES string of the molecule is CC(C)(O)C(C)(C)NC(=O)c1cc(N)cn1C1CC1. The summed E-state index contributed by atoms with van der Waals surface area (Å²) in [6, 6.07) is 2.08. The number of nitrogens with one attached hydrogen (secondary N) is 1. The molecule has 1 heterocycles. The van der Waals surface area contributed by atoms with Gasteiger partial charge in [0.05, 0.1) is 16.8 Å². The van der Waals surface area contributed by atoms with Gasteiger partial charge in [-0.15, -0.1) is 0 Å². The fourth-order valence-corrected chi connectivity index (χ4v) is 1.84. The molecule has 1 aliphatic rings. The number of anilines is 1. The highest BCUT2D eigenvalue weighted by atomic mass is 16.3. The first-order valence-corrected chi connectivity index (χ1v) is 6.64. The minimum atomic E-state index is -1.01. The van der Waals surface area contributed by atoms with Gasteiger partial charge in [-0.25, -0.2) is 0 Å². The number of hydrogen-bond donors (Lipinski definition) is 3. The molecule has 1 fully saturated rings. The van der Waals surface area contributed by atoms with E-state index in [-0.39, 0.29) is 5.91 Å². The second-order valence-corrected chi connectivity index (χ2v) is 6.44. The van der Waals surface area contributed by atoms with Crippen molar-refractivity contribution >= 4 is 11.6 Å². The molecule has 1 aliphatic carbocycles. The van der Waals surface area contributed by atoms with Gasteiger partial charge in [-0.2, -0.15) is 0 Å². The Morgan fingerprint density at radius 2 is 2.00 bits per heavy atom. The van der Waals surface area contributed by atoms with Crippen LogP contribution in [0.1, 0.15) is 57.1 Å². The molecular weight excluding hydrogens is 242 g/mol. The summed E-state index contributed by atoms with van der Waals surface area (Å²) >= 11 is 0. The highest BCUT2D eigenvalue weighted by Gasteiger charge is 2.37. The molecule has 0 spiro atoms. The van der Waals surface area contributed by atoms with Gasteiger partial charge in [0.25, 0.3) is 5.91 Å². The highest BCUT2D eigenvalue weighted by Crippen LogP contribution is 2.37. The van der Waals surface area contributed by atoms with Gasteiger partial charge in [0.1, 0.15) is 5.69 Å². The van der Waals surface area contributed by atoms with Crippen molar-refractivity contribution in [2.24, 2.45) is 0 Å². The van der Waals surface area contributed by atoms with E-state index in [9.17, 15) is 9.90 Å². The number of amides is 1. The van der Waals surface area contributed by atoms with Gasteiger partial charge >= 0.3 is 0 Å². The lowest BCUT2D eigenvalue weighted by molar-refractivity contribution is -0.00310. The molecule has 0 saturated heterocycles. The van der Waals surface area contributed by atoms with Gasteiger partial charge in [-0.05, 0) is 46.6 Å². The predicted octanol–water partition coefficient (Wildman–Crippen LogP) is 1.68. The first kappa shape index (κ1) is 13.9. The summed E-state index contributed by atoms with van der Waals surface area (Å²) in [6.45, 7) is 6.97. The van der Waals surface area contributed by atoms with Gasteiger partial charge < -0.3 is 20.7 Å². The van der Waals surface area contributed by atoms with Gasteiger partial charge in [0.2, 0.25) is 0 Å². The lowest BCUT2D eigenvalue weighted by Crippen LogP contribution is -2.57. The molecule has 1 aromatic rings. The summed E-state index contributed by atoms with van der Waals surface area (Å²) in [6.07, 6.45) is 3.98. The van der Waals surface area contributed by atoms with Crippen LogP contribution in [0.4, 0.5) is 5.69 Å². The van der Waals surface area contributed by atoms with E-state index in [1.165, 1.54) is 0 Å². The van der Waals surface area contributed by atoms with Gasteiger partial charge in [0, 0.05) is 12.2 Å². The van der Waals surface area contributed by atoms with Crippen molar-refractivity contribution in [1.29, 1.82) is 0 Å². The first-order chi connectivity index (χ1) is 8.62. The molecule has 5 nitrogen and oxygen atoms in total. The molecule has 5 heteroatoms. The minimum Gasteiger partial charge on any atom is -0.397 e. The summed E-state index contributed by atoms with van der Waals surface area (Å²) in [4.78, 5) is 12.4. The Kier molecular flexibility index (Phi) is 3.13. The van der Waals surface area contributed by atoms with Gasteiger partial charge in [-0.3, -0.25) is 4.79 Å². The number of nitrogens with zero attached hydrogens (tertiary/aromatic N) is 1. The molecule has 1 amide bonds. The number of aliphatic hydroxyl groups is 1. The average Bonchev–Trinajstić information content (AvgIpc) is 2.99. The Labute approximate surface area is 113 Å². The summed E-state index contributed by atoms with van der Waals surface area (Å²) in [7, 11) is 0. The molecule has 1 saturated carbocycles. The van der Waals surface area contributed by atoms with Crippen LogP contribution in [-0.2, 0) is 0 Å². The Bertz CT molecular complexity index is 493. The third kappa shape index (κ3) is 2.76. The van der Waals surface area contributed by atoms with E-state index in [1.807, 2.05) is 10.8 Å². The second kappa shape index (κ2) is 4.27. The lowest BCUT2D eigenvalue weighted by Gasteiger charge is -2.38. The molecule has 0 unspecified atom stereocenters. The van der Waals surface area contributed by atoms with Crippen molar-refractivity contribution in [3.8, 4) is 0 Å². The van der Waals surface area contributed by atoms with E-state index in [0.717, 1.165) is 12.8 Å². The topological polar surface area (TPSA) is 80.3 Å². The Hall–Kier alpha value is -1.49. The summed E-state index contributed by atoms with van der Waals surface area (Å²) in [5.41, 5.74) is 5.21. The molecule has 4 N–H and O–H groups in total. The highest BCUT2D eigenvalue weighted by molar-refractivity contribution is 5.94. The van der Waals surface area contributed by atoms with E-state index in [4.69, 9.17) is 5.73 Å². The fourth-order valence-electron chi connectivity index (χ4n) is 1.84. The van der Waals surface area contributed by atoms with Gasteiger partial charge in [0.15, 0.2) is 0 Å². The first-order valence-electron chi connectivity index (χ1n) is 6.64. The maximum Gasteiger partial charge on any atom is 0.268 e. The van der Waals surface area contributed by atoms with Crippen molar-refractivity contribution in [3.05, 3.63) is 18.0 Å². The van der Waals surface area contributed by atoms with Crippen molar-refractivity contribution in [3.63, 3.8) is 0 Å². The summed E-state index contributed by atoms with van der Waals surface area (Å²) in [5, 5.41) is 13.0. The molecule has 106 valence electrons. The standard InChI is InChI=1S/C14H23N3O2/c1-13(2,14(3,4)19)16-12(18)11-7-9(15)8-17(11)10-5-6-10/h7-8,10,19H,5-6,15H2,1-4H3,(H,16,18). The molecule has 0 atom stereocenters. The average molecular weight is 265 g/mol. The number of carbonyl (C=O) groups is 1. The zero-order valence-electron chi connectivity index (χ0n) is 12.0. The summed E-state index contributed by atoms with van der Waals surface area (Å²) < 4.78 is 1.94. The minimum absolute atomic E-state index is 0.198. The van der Waals surface area contributed by atoms with E-state index >= 15 is 0 Å². The number of nitrogens with two attached hydrogens (primary N) is 1. The molecule has 2 rings (SSSR count). The van der Waals surface area contributed by atoms with Crippen LogP contribution in [0.5, 0.6) is 0 Å². The van der Waals surface area contributed by atoms with Crippen LogP contribution in [0.2, 0.25) is 0 Å². The number of carbonyl (C=O) groups excluding carboxylic acids is 1. The normalized spacial score (nSPS) is 16.5. The van der Waals surface area contributed by atoms with Crippen LogP contribution in [0.15, 0.2) is 12.3 Å². The maximum absolute atomic E-state index is 12.4. The van der Waals surface area contributed by atoms with Crippen LogP contribution in [0.3, 0.4) is 0 Å². The van der Waals surface area contributed by atoms with Crippen LogP contribution in [0, 0.1) is 0 Å². The molecule has 19 heavy (non-hydrogen) atoms. The van der Waals surface area contributed by atoms with Crippen molar-refractivity contribution in [1.82, 2.24) is 9.88 Å². The van der Waals surface area contributed by atoms with Gasteiger partial charge in [-0.1, -0.05) is 0 Å². The number of hydrogen-bond acceptors (Lipinski definition) is 3. The largest absolute Gasteiger partial charge is 0.397 e. The van der Waals surface area contributed by atoms with Crippen molar-refractivity contribution < 1.29 is 9.90 Å². The van der Waals surface area contributed by atoms with Crippen LogP contribution >= 0.6 is 0 Å². The predicted molar refractivity (Wildman–Crippen MR) is 75.0 cm³/mol. The quantitative estimate of drug-likeness (QED) is 0.775. The van der Waals surface area contributed by atoms with Crippen molar-refractivity contribution in [2.45, 2.75) is 57.7 Å². The maximum atomic E-state index is 12.4. The smallest absolute Gasteiger partial charge is 0.268 e. The van der Waals surface area contributed by atoms with E-state index in [2.05, 4.69) is 5.32 Å². The monoisotopic (exact) mass is 265 g/mol. The number of aromatic nitrogens is 1. The van der Waals surface area contributed by atoms with Crippen molar-refractivity contribution in [2.75, 3.05) is 5.73 Å². The summed E-state index contributed by atoms with van der Waals surface area (Å²) in [5.74, 6) is -0.198. The van der Waals surface area contributed by atoms with Crippen LogP contribution in [0.25, 0.3) is 0 Å². The number of rotatable bonds is 4. The zero-order valence-corrected chi connectivity index (χ0v) is 12.0. The molecular formula is C14H23N3O2. The molecule has 1 aromatic heterocycles. The van der Waals surface area contributed by atoms with Crippen LogP contribution in [-0.4, -0.2) is 26.7 Å². The fraction of sp³-hybridized carbons (Fsp3) is 0.643. The third-order valence-electron chi connectivity index (χ3n) is 4.00. The molecule has 0 bridgehead atoms. The second-order valence-electron chi connectivity index (χ2n) is 6.44. The third-order valence-corrected chi connectivity index (χ3v) is 4.00. The molecule has 0 aromatic carbocycles. The Balaban J connectivity index is 2.21. The van der Waals surface area contributed by atoms with Crippen LogP contribution < -0.4 is 11.1 Å². The van der Waals surface area contributed by atoms with E-state index in [0.29, 0.717) is 17.4 Å². The Morgan fingerprint density at radius 3 is 2.47 bits per heavy atom. The van der Waals surface area contributed by atoms with E-state index < -0.39 is 11.1 Å². The van der Waals surface area contributed by atoms with E-state index in [1.54, 1.807) is 33.8 Å². The Morgan fingerprint density at radius 1 is 1.42 bits per heavy atom.